The van der Waals surface area contributed by atoms with Gasteiger partial charge in [-0.05, 0) is 25.0 Å². The maximum absolute atomic E-state index is 11.7. The fourth-order valence-corrected chi connectivity index (χ4v) is 2.92. The minimum absolute atomic E-state index is 0.156. The Labute approximate surface area is 146 Å². The number of carbonyl (C=O) groups excluding carboxylic acids is 1. The van der Waals surface area contributed by atoms with Gasteiger partial charge in [0.2, 0.25) is 0 Å². The largest absolute Gasteiger partial charge is 0.493 e. The number of ether oxygens (including phenoxy) is 2. The second kappa shape index (κ2) is 7.99. The quantitative estimate of drug-likeness (QED) is 0.389. The Morgan fingerprint density at radius 3 is 2.73 bits per heavy atom. The molecule has 1 aromatic carbocycles. The fourth-order valence-electron chi connectivity index (χ4n) is 1.95. The molecule has 118 valence electrons. The fraction of sp³-hybridized carbons (Fsp3) is 0.333. The van der Waals surface area contributed by atoms with Gasteiger partial charge in [0.1, 0.15) is 5.75 Å². The van der Waals surface area contributed by atoms with Crippen molar-refractivity contribution in [3.63, 3.8) is 0 Å². The van der Waals surface area contributed by atoms with Crippen molar-refractivity contribution in [3.8, 4) is 5.75 Å². The van der Waals surface area contributed by atoms with Gasteiger partial charge in [0.15, 0.2) is 5.69 Å². The number of carbonyl (C=O) groups is 1. The Morgan fingerprint density at radius 1 is 1.27 bits per heavy atom. The highest BCUT2D eigenvalue weighted by Gasteiger charge is 2.16. The third-order valence-corrected chi connectivity index (χ3v) is 4.05. The Hall–Kier alpha value is -1.04. The first-order valence-electron chi connectivity index (χ1n) is 6.63. The van der Waals surface area contributed by atoms with Crippen LogP contribution in [-0.2, 0) is 4.74 Å². The zero-order valence-electron chi connectivity index (χ0n) is 11.9. The Bertz CT molecular complexity index is 694. The zero-order chi connectivity index (χ0) is 16.1. The topological polar surface area (TPSA) is 48.4 Å². The molecule has 0 saturated carbocycles. The standard InChI is InChI=1S/C15H14BrCl2NO3/c1-21-15(20)12-8-13(22-5-3-2-4-16)14-10(18)6-9(17)7-11(14)19-12/h6-8H,2-5H2,1H3. The van der Waals surface area contributed by atoms with E-state index in [4.69, 9.17) is 32.7 Å². The molecule has 0 radical (unpaired) electrons. The number of hydrogen-bond acceptors (Lipinski definition) is 4. The van der Waals surface area contributed by atoms with Gasteiger partial charge in [-0.15, -0.1) is 0 Å². The molecule has 1 aromatic heterocycles. The second-order valence-corrected chi connectivity index (χ2v) is 6.16. The number of nitrogens with zero attached hydrogens (tertiary/aromatic N) is 1. The van der Waals surface area contributed by atoms with E-state index in [1.54, 1.807) is 18.2 Å². The van der Waals surface area contributed by atoms with Crippen molar-refractivity contribution in [2.75, 3.05) is 19.0 Å². The van der Waals surface area contributed by atoms with E-state index in [1.807, 2.05) is 0 Å². The van der Waals surface area contributed by atoms with Crippen LogP contribution in [0.5, 0.6) is 5.75 Å². The van der Waals surface area contributed by atoms with Gasteiger partial charge >= 0.3 is 5.97 Å². The van der Waals surface area contributed by atoms with Crippen molar-refractivity contribution in [2.45, 2.75) is 12.8 Å². The van der Waals surface area contributed by atoms with Gasteiger partial charge in [-0.2, -0.15) is 0 Å². The summed E-state index contributed by atoms with van der Waals surface area (Å²) in [4.78, 5) is 16.0. The molecule has 1 heterocycles. The SMILES string of the molecule is COC(=O)c1cc(OCCCCBr)c2c(Cl)cc(Cl)cc2n1. The molecule has 0 unspecified atom stereocenters. The second-order valence-electron chi connectivity index (χ2n) is 4.52. The Balaban J connectivity index is 2.47. The van der Waals surface area contributed by atoms with Gasteiger partial charge in [-0.1, -0.05) is 39.1 Å². The van der Waals surface area contributed by atoms with Gasteiger partial charge in [-0.25, -0.2) is 9.78 Å². The molecule has 0 fully saturated rings. The summed E-state index contributed by atoms with van der Waals surface area (Å²) in [7, 11) is 1.30. The minimum Gasteiger partial charge on any atom is -0.493 e. The van der Waals surface area contributed by atoms with E-state index in [0.29, 0.717) is 33.3 Å². The summed E-state index contributed by atoms with van der Waals surface area (Å²) < 4.78 is 10.5. The molecule has 4 nitrogen and oxygen atoms in total. The smallest absolute Gasteiger partial charge is 0.356 e. The number of aromatic nitrogens is 1. The van der Waals surface area contributed by atoms with Crippen molar-refractivity contribution in [1.29, 1.82) is 0 Å². The van der Waals surface area contributed by atoms with Crippen molar-refractivity contribution < 1.29 is 14.3 Å². The molecule has 0 aliphatic carbocycles. The highest BCUT2D eigenvalue weighted by atomic mass is 79.9. The number of hydrogen-bond donors (Lipinski definition) is 0. The minimum atomic E-state index is -0.539. The molecule has 2 aromatic rings. The number of methoxy groups -OCH3 is 1. The first-order chi connectivity index (χ1) is 10.6. The number of esters is 1. The molecule has 0 aliphatic rings. The number of unbranched alkanes of at least 4 members (excludes halogenated alkanes) is 1. The maximum atomic E-state index is 11.7. The van der Waals surface area contributed by atoms with E-state index < -0.39 is 5.97 Å². The van der Waals surface area contributed by atoms with Crippen LogP contribution < -0.4 is 4.74 Å². The van der Waals surface area contributed by atoms with Crippen molar-refractivity contribution in [1.82, 2.24) is 4.98 Å². The van der Waals surface area contributed by atoms with Gasteiger partial charge in [0.25, 0.3) is 0 Å². The van der Waals surface area contributed by atoms with Crippen LogP contribution in [0, 0.1) is 0 Å². The molecular weight excluding hydrogens is 393 g/mol. The predicted octanol–water partition coefficient (Wildman–Crippen LogP) is 4.88. The van der Waals surface area contributed by atoms with E-state index in [0.717, 1.165) is 18.2 Å². The van der Waals surface area contributed by atoms with E-state index in [-0.39, 0.29) is 5.69 Å². The third-order valence-electron chi connectivity index (χ3n) is 2.97. The number of alkyl halides is 1. The summed E-state index contributed by atoms with van der Waals surface area (Å²) in [5.41, 5.74) is 0.653. The first kappa shape index (κ1) is 17.3. The highest BCUT2D eigenvalue weighted by molar-refractivity contribution is 9.09. The lowest BCUT2D eigenvalue weighted by Gasteiger charge is -2.12. The normalized spacial score (nSPS) is 10.7. The summed E-state index contributed by atoms with van der Waals surface area (Å²) >= 11 is 15.6. The van der Waals surface area contributed by atoms with Crippen molar-refractivity contribution >= 4 is 56.0 Å². The van der Waals surface area contributed by atoms with Gasteiger partial charge in [0, 0.05) is 16.4 Å². The van der Waals surface area contributed by atoms with Gasteiger partial charge in [0.05, 0.1) is 29.6 Å². The van der Waals surface area contributed by atoms with E-state index in [9.17, 15) is 4.79 Å². The van der Waals surface area contributed by atoms with Crippen LogP contribution in [0.25, 0.3) is 10.9 Å². The molecule has 0 spiro atoms. The Morgan fingerprint density at radius 2 is 2.05 bits per heavy atom. The maximum Gasteiger partial charge on any atom is 0.356 e. The summed E-state index contributed by atoms with van der Waals surface area (Å²) in [5.74, 6) is -0.0371. The lowest BCUT2D eigenvalue weighted by atomic mass is 10.1. The van der Waals surface area contributed by atoms with E-state index in [2.05, 4.69) is 20.9 Å². The van der Waals surface area contributed by atoms with E-state index in [1.165, 1.54) is 7.11 Å². The van der Waals surface area contributed by atoms with Crippen molar-refractivity contribution in [2.24, 2.45) is 0 Å². The van der Waals surface area contributed by atoms with Crippen LogP contribution in [0.4, 0.5) is 0 Å². The van der Waals surface area contributed by atoms with Crippen LogP contribution in [-0.4, -0.2) is 30.0 Å². The lowest BCUT2D eigenvalue weighted by Crippen LogP contribution is -2.06. The average Bonchev–Trinajstić information content (AvgIpc) is 2.49. The first-order valence-corrected chi connectivity index (χ1v) is 8.51. The number of pyridine rings is 1. The molecule has 0 amide bonds. The van der Waals surface area contributed by atoms with Crippen LogP contribution >= 0.6 is 39.1 Å². The number of fused-ring (bicyclic) bond motifs is 1. The van der Waals surface area contributed by atoms with Gasteiger partial charge in [-0.3, -0.25) is 0 Å². The highest BCUT2D eigenvalue weighted by Crippen LogP contribution is 2.34. The number of benzene rings is 1. The average molecular weight is 407 g/mol. The number of rotatable bonds is 6. The van der Waals surface area contributed by atoms with Gasteiger partial charge < -0.3 is 9.47 Å². The van der Waals surface area contributed by atoms with Crippen LogP contribution in [0.2, 0.25) is 10.0 Å². The monoisotopic (exact) mass is 405 g/mol. The molecule has 0 aliphatic heterocycles. The molecule has 0 N–H and O–H groups in total. The summed E-state index contributed by atoms with van der Waals surface area (Å²) in [6, 6.07) is 4.80. The predicted molar refractivity (Wildman–Crippen MR) is 91.6 cm³/mol. The summed E-state index contributed by atoms with van der Waals surface area (Å²) in [6.07, 6.45) is 1.88. The Kier molecular flexibility index (Phi) is 6.29. The third kappa shape index (κ3) is 4.03. The van der Waals surface area contributed by atoms with Crippen molar-refractivity contribution in [3.05, 3.63) is 33.9 Å². The lowest BCUT2D eigenvalue weighted by molar-refractivity contribution is 0.0594. The molecule has 0 atom stereocenters. The molecule has 0 bridgehead atoms. The summed E-state index contributed by atoms with van der Waals surface area (Å²) in [6.45, 7) is 0.518. The molecule has 22 heavy (non-hydrogen) atoms. The molecular formula is C15H14BrCl2NO3. The molecule has 7 heteroatoms. The summed E-state index contributed by atoms with van der Waals surface area (Å²) in [5, 5.41) is 2.42. The van der Waals surface area contributed by atoms with Crippen LogP contribution in [0.15, 0.2) is 18.2 Å². The van der Waals surface area contributed by atoms with Crippen LogP contribution in [0.3, 0.4) is 0 Å². The zero-order valence-corrected chi connectivity index (χ0v) is 15.0. The van der Waals surface area contributed by atoms with Crippen LogP contribution in [0.1, 0.15) is 23.3 Å². The number of halogens is 3. The molecule has 0 saturated heterocycles. The molecule has 2 rings (SSSR count). The van der Waals surface area contributed by atoms with E-state index >= 15 is 0 Å².